The van der Waals surface area contributed by atoms with Crippen molar-refractivity contribution in [2.75, 3.05) is 0 Å². The maximum Gasteiger partial charge on any atom is 0.303 e. The Morgan fingerprint density at radius 1 is 1.36 bits per heavy atom. The number of carboxylic acid groups (broad SMARTS) is 1. The van der Waals surface area contributed by atoms with Crippen LogP contribution in [0.15, 0.2) is 0 Å². The molecule has 0 rings (SSSR count). The largest absolute Gasteiger partial charge is 0.481 e. The number of carbonyl (C=O) groups is 1. The molecule has 0 amide bonds. The second-order valence-corrected chi connectivity index (χ2v) is 1.76. The molecular formula is C6H11Cl2NO2. The van der Waals surface area contributed by atoms with Crippen molar-refractivity contribution >= 4 is 30.8 Å². The molecule has 0 aliphatic heterocycles. The van der Waals surface area contributed by atoms with Gasteiger partial charge >= 0.3 is 5.97 Å². The zero-order valence-corrected chi connectivity index (χ0v) is 7.58. The van der Waals surface area contributed by atoms with Gasteiger partial charge in [-0.1, -0.05) is 0 Å². The maximum atomic E-state index is 9.88. The molecule has 11 heavy (non-hydrogen) atoms. The number of aliphatic carboxylic acids is 1. The molecule has 0 heterocycles. The number of rotatable bonds is 4. The highest BCUT2D eigenvalue weighted by Gasteiger charge is 1.94. The van der Waals surface area contributed by atoms with Crippen LogP contribution >= 0.6 is 24.8 Å². The van der Waals surface area contributed by atoms with Gasteiger partial charge in [-0.2, -0.15) is 5.26 Å². The highest BCUT2D eigenvalue weighted by Crippen LogP contribution is 1.97. The Labute approximate surface area is 78.2 Å². The van der Waals surface area contributed by atoms with Gasteiger partial charge in [-0.3, -0.25) is 4.79 Å². The van der Waals surface area contributed by atoms with Gasteiger partial charge in [0.15, 0.2) is 0 Å². The highest BCUT2D eigenvalue weighted by molar-refractivity contribution is 5.85. The van der Waals surface area contributed by atoms with E-state index in [1.807, 2.05) is 6.07 Å². The number of unbranched alkanes of at least 4 members (excludes halogenated alkanes) is 2. The Morgan fingerprint density at radius 3 is 2.27 bits per heavy atom. The summed E-state index contributed by atoms with van der Waals surface area (Å²) in [6, 6.07) is 1.95. The summed E-state index contributed by atoms with van der Waals surface area (Å²) in [6.45, 7) is 0. The van der Waals surface area contributed by atoms with Crippen LogP contribution in [0, 0.1) is 11.3 Å². The van der Waals surface area contributed by atoms with E-state index in [1.165, 1.54) is 0 Å². The molecule has 0 unspecified atom stereocenters. The number of nitriles is 1. The summed E-state index contributed by atoms with van der Waals surface area (Å²) in [5.41, 5.74) is 0. The number of hydrogen-bond acceptors (Lipinski definition) is 2. The van der Waals surface area contributed by atoms with Crippen LogP contribution in [0.1, 0.15) is 25.7 Å². The van der Waals surface area contributed by atoms with Crippen LogP contribution in [0.4, 0.5) is 0 Å². The Hall–Kier alpha value is -0.460. The molecule has 0 aromatic rings. The Bertz CT molecular complexity index is 133. The van der Waals surface area contributed by atoms with E-state index in [1.54, 1.807) is 0 Å². The molecule has 0 saturated heterocycles. The van der Waals surface area contributed by atoms with E-state index in [0.29, 0.717) is 19.3 Å². The lowest BCUT2D eigenvalue weighted by Gasteiger charge is -1.88. The van der Waals surface area contributed by atoms with Gasteiger partial charge in [0.05, 0.1) is 6.07 Å². The predicted octanol–water partition coefficient (Wildman–Crippen LogP) is 2.00. The van der Waals surface area contributed by atoms with Gasteiger partial charge in [0, 0.05) is 12.8 Å². The molecule has 3 nitrogen and oxygen atoms in total. The molecule has 0 aromatic carbocycles. The summed E-state index contributed by atoms with van der Waals surface area (Å²) < 4.78 is 0. The van der Waals surface area contributed by atoms with Crippen molar-refractivity contribution in [1.82, 2.24) is 0 Å². The smallest absolute Gasteiger partial charge is 0.303 e. The van der Waals surface area contributed by atoms with E-state index < -0.39 is 5.97 Å². The molecule has 0 bridgehead atoms. The Morgan fingerprint density at radius 2 is 1.91 bits per heavy atom. The average molecular weight is 200 g/mol. The van der Waals surface area contributed by atoms with Crippen LogP contribution in [-0.2, 0) is 4.79 Å². The van der Waals surface area contributed by atoms with E-state index in [4.69, 9.17) is 10.4 Å². The van der Waals surface area contributed by atoms with Crippen LogP contribution in [0.2, 0.25) is 0 Å². The minimum atomic E-state index is -0.784. The number of nitrogens with zero attached hydrogens (tertiary/aromatic N) is 1. The molecule has 0 saturated carbocycles. The Kier molecular flexibility index (Phi) is 18.8. The van der Waals surface area contributed by atoms with Crippen molar-refractivity contribution in [2.45, 2.75) is 25.7 Å². The summed E-state index contributed by atoms with van der Waals surface area (Å²) in [6.07, 6.45) is 1.96. The summed E-state index contributed by atoms with van der Waals surface area (Å²) in [5, 5.41) is 16.2. The third-order valence-electron chi connectivity index (χ3n) is 0.929. The Balaban J connectivity index is -0.000000320. The second-order valence-electron chi connectivity index (χ2n) is 1.76. The van der Waals surface area contributed by atoms with Crippen LogP contribution in [-0.4, -0.2) is 11.1 Å². The molecule has 66 valence electrons. The van der Waals surface area contributed by atoms with Gasteiger partial charge in [0.1, 0.15) is 0 Å². The zero-order valence-electron chi connectivity index (χ0n) is 5.95. The van der Waals surface area contributed by atoms with Crippen LogP contribution in [0.5, 0.6) is 0 Å². The fourth-order valence-corrected chi connectivity index (χ4v) is 0.480. The lowest BCUT2D eigenvalue weighted by molar-refractivity contribution is -0.137. The summed E-state index contributed by atoms with van der Waals surface area (Å²) in [5.74, 6) is -0.784. The highest BCUT2D eigenvalue weighted by atomic mass is 35.5. The molecule has 0 atom stereocenters. The molecule has 0 spiro atoms. The standard InChI is InChI=1S/C6H9NO2.2ClH/c7-5-3-1-2-4-6(8)9;;/h1-4H2,(H,8,9);2*1H. The first-order valence-corrected chi connectivity index (χ1v) is 2.86. The van der Waals surface area contributed by atoms with E-state index in [2.05, 4.69) is 0 Å². The maximum absolute atomic E-state index is 9.88. The first kappa shape index (κ1) is 16.9. The number of hydrogen-bond donors (Lipinski definition) is 1. The van der Waals surface area contributed by atoms with Crippen molar-refractivity contribution in [3.8, 4) is 6.07 Å². The molecule has 0 aromatic heterocycles. The first-order chi connectivity index (χ1) is 4.27. The molecular weight excluding hydrogens is 189 g/mol. The van der Waals surface area contributed by atoms with Gasteiger partial charge in [-0.05, 0) is 12.8 Å². The SMILES string of the molecule is Cl.Cl.N#CCCCCC(=O)O. The van der Waals surface area contributed by atoms with Crippen LogP contribution in [0.3, 0.4) is 0 Å². The summed E-state index contributed by atoms with van der Waals surface area (Å²) in [7, 11) is 0. The van der Waals surface area contributed by atoms with Crippen molar-refractivity contribution < 1.29 is 9.90 Å². The van der Waals surface area contributed by atoms with Crippen molar-refractivity contribution in [3.05, 3.63) is 0 Å². The van der Waals surface area contributed by atoms with Crippen molar-refractivity contribution in [3.63, 3.8) is 0 Å². The minimum Gasteiger partial charge on any atom is -0.481 e. The monoisotopic (exact) mass is 199 g/mol. The van der Waals surface area contributed by atoms with Crippen LogP contribution < -0.4 is 0 Å². The molecule has 0 aliphatic rings. The van der Waals surface area contributed by atoms with Gasteiger partial charge in [-0.15, -0.1) is 24.8 Å². The van der Waals surface area contributed by atoms with Crippen LogP contribution in [0.25, 0.3) is 0 Å². The van der Waals surface area contributed by atoms with Gasteiger partial charge in [-0.25, -0.2) is 0 Å². The zero-order chi connectivity index (χ0) is 7.11. The van der Waals surface area contributed by atoms with Gasteiger partial charge in [0.25, 0.3) is 0 Å². The van der Waals surface area contributed by atoms with E-state index >= 15 is 0 Å². The topological polar surface area (TPSA) is 61.1 Å². The molecule has 0 radical (unpaired) electrons. The molecule has 1 N–H and O–H groups in total. The van der Waals surface area contributed by atoms with E-state index in [9.17, 15) is 4.79 Å². The van der Waals surface area contributed by atoms with E-state index in [-0.39, 0.29) is 31.2 Å². The lowest BCUT2D eigenvalue weighted by atomic mass is 10.2. The fraction of sp³-hybridized carbons (Fsp3) is 0.667. The summed E-state index contributed by atoms with van der Waals surface area (Å²) >= 11 is 0. The fourth-order valence-electron chi connectivity index (χ4n) is 0.480. The minimum absolute atomic E-state index is 0. The van der Waals surface area contributed by atoms with Crippen molar-refractivity contribution in [2.24, 2.45) is 0 Å². The average Bonchev–Trinajstić information content (AvgIpc) is 1.80. The van der Waals surface area contributed by atoms with Gasteiger partial charge < -0.3 is 5.11 Å². The summed E-state index contributed by atoms with van der Waals surface area (Å²) in [4.78, 5) is 9.88. The second kappa shape index (κ2) is 12.2. The van der Waals surface area contributed by atoms with E-state index in [0.717, 1.165) is 0 Å². The lowest BCUT2D eigenvalue weighted by Crippen LogP contribution is -1.92. The third kappa shape index (κ3) is 17.7. The first-order valence-electron chi connectivity index (χ1n) is 2.86. The van der Waals surface area contributed by atoms with Crippen molar-refractivity contribution in [1.29, 1.82) is 5.26 Å². The number of carboxylic acids is 1. The predicted molar refractivity (Wildman–Crippen MR) is 46.2 cm³/mol. The third-order valence-corrected chi connectivity index (χ3v) is 0.929. The molecule has 0 fully saturated rings. The molecule has 5 heteroatoms. The number of halogens is 2. The van der Waals surface area contributed by atoms with Gasteiger partial charge in [0.2, 0.25) is 0 Å². The quantitative estimate of drug-likeness (QED) is 0.706. The normalized spacial score (nSPS) is 6.82. The molecule has 0 aliphatic carbocycles.